The molecular weight excluding hydrogens is 220 g/mol. The molecular formula is C14H11F2N. The van der Waals surface area contributed by atoms with Gasteiger partial charge in [-0.05, 0) is 24.3 Å². The first-order valence-electron chi connectivity index (χ1n) is 5.11. The fourth-order valence-electron chi connectivity index (χ4n) is 1.88. The van der Waals surface area contributed by atoms with Crippen molar-refractivity contribution in [2.75, 3.05) is 19.0 Å². The molecule has 0 saturated carbocycles. The smallest absolute Gasteiger partial charge is 0.139 e. The number of halogens is 2. The Balaban J connectivity index is 3.01. The molecule has 0 bridgehead atoms. The van der Waals surface area contributed by atoms with E-state index in [9.17, 15) is 8.78 Å². The van der Waals surface area contributed by atoms with Crippen LogP contribution in [0.1, 0.15) is 5.56 Å². The van der Waals surface area contributed by atoms with Gasteiger partial charge in [-0.2, -0.15) is 0 Å². The molecule has 0 aliphatic rings. The summed E-state index contributed by atoms with van der Waals surface area (Å²) >= 11 is 0. The molecule has 0 saturated heterocycles. The number of benzene rings is 2. The standard InChI is InChI=1S/C14H11F2N/c1-4-9-11(15)6-5-10-12(16)7-8-13(14(9)10)17(2)3/h1,5-8H,2-3H3. The second-order valence-electron chi connectivity index (χ2n) is 3.95. The number of rotatable bonds is 1. The zero-order valence-electron chi connectivity index (χ0n) is 9.59. The SMILES string of the molecule is C#Cc1c(F)ccc2c(F)ccc(N(C)C)c12. The zero-order valence-corrected chi connectivity index (χ0v) is 9.59. The fourth-order valence-corrected chi connectivity index (χ4v) is 1.88. The van der Waals surface area contributed by atoms with Crippen LogP contribution < -0.4 is 4.90 Å². The summed E-state index contributed by atoms with van der Waals surface area (Å²) in [5, 5.41) is 0.781. The maximum Gasteiger partial charge on any atom is 0.139 e. The molecule has 0 unspecified atom stereocenters. The van der Waals surface area contributed by atoms with Crippen LogP contribution in [0.4, 0.5) is 14.5 Å². The molecule has 0 heterocycles. The van der Waals surface area contributed by atoms with Crippen LogP contribution in [0.5, 0.6) is 0 Å². The Morgan fingerprint density at radius 3 is 2.29 bits per heavy atom. The van der Waals surface area contributed by atoms with Crippen molar-refractivity contribution in [3.8, 4) is 12.3 Å². The van der Waals surface area contributed by atoms with Gasteiger partial charge < -0.3 is 4.90 Å². The number of fused-ring (bicyclic) bond motifs is 1. The van der Waals surface area contributed by atoms with E-state index >= 15 is 0 Å². The van der Waals surface area contributed by atoms with Crippen LogP contribution in [0.25, 0.3) is 10.8 Å². The average molecular weight is 231 g/mol. The van der Waals surface area contributed by atoms with E-state index in [2.05, 4.69) is 5.92 Å². The Kier molecular flexibility index (Phi) is 2.72. The van der Waals surface area contributed by atoms with E-state index in [0.29, 0.717) is 16.5 Å². The second-order valence-corrected chi connectivity index (χ2v) is 3.95. The summed E-state index contributed by atoms with van der Waals surface area (Å²) in [7, 11) is 3.61. The molecule has 0 aliphatic heterocycles. The van der Waals surface area contributed by atoms with Crippen LogP contribution in [0, 0.1) is 24.0 Å². The Morgan fingerprint density at radius 1 is 1.06 bits per heavy atom. The molecule has 0 spiro atoms. The largest absolute Gasteiger partial charge is 0.377 e. The summed E-state index contributed by atoms with van der Waals surface area (Å²) in [4.78, 5) is 1.78. The molecule has 3 heteroatoms. The van der Waals surface area contributed by atoms with E-state index in [1.54, 1.807) is 25.1 Å². The Labute approximate surface area is 98.7 Å². The van der Waals surface area contributed by atoms with Gasteiger partial charge >= 0.3 is 0 Å². The van der Waals surface area contributed by atoms with Crippen molar-refractivity contribution < 1.29 is 8.78 Å². The topological polar surface area (TPSA) is 3.24 Å². The molecule has 0 aliphatic carbocycles. The summed E-state index contributed by atoms with van der Waals surface area (Å²) in [6.45, 7) is 0. The molecule has 0 N–H and O–H groups in total. The van der Waals surface area contributed by atoms with Crippen LogP contribution >= 0.6 is 0 Å². The maximum atomic E-state index is 13.7. The van der Waals surface area contributed by atoms with Gasteiger partial charge in [-0.1, -0.05) is 5.92 Å². The predicted octanol–water partition coefficient (Wildman–Crippen LogP) is 3.17. The van der Waals surface area contributed by atoms with Crippen LogP contribution in [0.2, 0.25) is 0 Å². The summed E-state index contributed by atoms with van der Waals surface area (Å²) in [5.41, 5.74) is 0.805. The van der Waals surface area contributed by atoms with Gasteiger partial charge in [0.25, 0.3) is 0 Å². The zero-order chi connectivity index (χ0) is 12.6. The van der Waals surface area contributed by atoms with Gasteiger partial charge in [0.1, 0.15) is 11.6 Å². The van der Waals surface area contributed by atoms with Crippen LogP contribution in [0.3, 0.4) is 0 Å². The van der Waals surface area contributed by atoms with Crippen LogP contribution in [0.15, 0.2) is 24.3 Å². The molecule has 0 fully saturated rings. The number of hydrogen-bond acceptors (Lipinski definition) is 1. The van der Waals surface area contributed by atoms with E-state index in [4.69, 9.17) is 6.42 Å². The van der Waals surface area contributed by atoms with E-state index in [-0.39, 0.29) is 5.56 Å². The molecule has 17 heavy (non-hydrogen) atoms. The van der Waals surface area contributed by atoms with Gasteiger partial charge in [-0.15, -0.1) is 6.42 Å². The maximum absolute atomic E-state index is 13.7. The second kappa shape index (κ2) is 4.06. The lowest BCUT2D eigenvalue weighted by atomic mass is 10.0. The van der Waals surface area contributed by atoms with Gasteiger partial charge in [-0.25, -0.2) is 8.78 Å². The van der Waals surface area contributed by atoms with E-state index in [1.807, 2.05) is 0 Å². The van der Waals surface area contributed by atoms with Gasteiger partial charge in [0, 0.05) is 30.6 Å². The number of terminal acetylenes is 1. The highest BCUT2D eigenvalue weighted by Gasteiger charge is 2.13. The first-order valence-corrected chi connectivity index (χ1v) is 5.11. The summed E-state index contributed by atoms with van der Waals surface area (Å²) in [6.07, 6.45) is 5.30. The molecule has 2 aromatic carbocycles. The highest BCUT2D eigenvalue weighted by Crippen LogP contribution is 2.31. The van der Waals surface area contributed by atoms with Crippen LogP contribution in [-0.2, 0) is 0 Å². The molecule has 0 atom stereocenters. The summed E-state index contributed by atoms with van der Waals surface area (Å²) in [6, 6.07) is 5.56. The highest BCUT2D eigenvalue weighted by atomic mass is 19.1. The Bertz CT molecular complexity index is 624. The minimum Gasteiger partial charge on any atom is -0.377 e. The monoisotopic (exact) mass is 231 g/mol. The van der Waals surface area contributed by atoms with Gasteiger partial charge in [0.2, 0.25) is 0 Å². The molecule has 2 aromatic rings. The number of nitrogens with zero attached hydrogens (tertiary/aromatic N) is 1. The quantitative estimate of drug-likeness (QED) is 0.681. The molecule has 86 valence electrons. The third-order valence-electron chi connectivity index (χ3n) is 2.68. The number of anilines is 1. The van der Waals surface area contributed by atoms with Crippen molar-refractivity contribution in [2.24, 2.45) is 0 Å². The predicted molar refractivity (Wildman–Crippen MR) is 66.1 cm³/mol. The fraction of sp³-hybridized carbons (Fsp3) is 0.143. The van der Waals surface area contributed by atoms with Crippen molar-refractivity contribution in [3.05, 3.63) is 41.5 Å². The highest BCUT2D eigenvalue weighted by molar-refractivity contribution is 5.99. The van der Waals surface area contributed by atoms with E-state index in [1.165, 1.54) is 18.2 Å². The lowest BCUT2D eigenvalue weighted by Gasteiger charge is -2.17. The lowest BCUT2D eigenvalue weighted by molar-refractivity contribution is 0.624. The van der Waals surface area contributed by atoms with Crippen molar-refractivity contribution >= 4 is 16.5 Å². The molecule has 0 amide bonds. The van der Waals surface area contributed by atoms with Crippen molar-refractivity contribution in [1.82, 2.24) is 0 Å². The minimum absolute atomic E-state index is 0.103. The van der Waals surface area contributed by atoms with Gasteiger partial charge in [0.05, 0.1) is 5.56 Å². The molecule has 1 nitrogen and oxygen atoms in total. The molecule has 0 aromatic heterocycles. The van der Waals surface area contributed by atoms with Crippen LogP contribution in [-0.4, -0.2) is 14.1 Å². The first-order chi connectivity index (χ1) is 8.06. The molecule has 2 rings (SSSR count). The van der Waals surface area contributed by atoms with E-state index < -0.39 is 11.6 Å². The summed E-state index contributed by atoms with van der Waals surface area (Å²) in [5.74, 6) is 1.39. The summed E-state index contributed by atoms with van der Waals surface area (Å²) < 4.78 is 27.3. The number of hydrogen-bond donors (Lipinski definition) is 0. The Morgan fingerprint density at radius 2 is 1.71 bits per heavy atom. The van der Waals surface area contributed by atoms with Crippen molar-refractivity contribution in [1.29, 1.82) is 0 Å². The van der Waals surface area contributed by atoms with Gasteiger partial charge in [0.15, 0.2) is 0 Å². The van der Waals surface area contributed by atoms with E-state index in [0.717, 1.165) is 0 Å². The molecule has 0 radical (unpaired) electrons. The third kappa shape index (κ3) is 1.72. The third-order valence-corrected chi connectivity index (χ3v) is 2.68. The van der Waals surface area contributed by atoms with Gasteiger partial charge in [-0.3, -0.25) is 0 Å². The normalized spacial score (nSPS) is 10.3. The average Bonchev–Trinajstić information content (AvgIpc) is 2.28. The van der Waals surface area contributed by atoms with Crippen molar-refractivity contribution in [3.63, 3.8) is 0 Å². The van der Waals surface area contributed by atoms with Crippen molar-refractivity contribution in [2.45, 2.75) is 0 Å². The minimum atomic E-state index is -0.506. The lowest BCUT2D eigenvalue weighted by Crippen LogP contribution is -2.10. The first kappa shape index (κ1) is 11.4. The Hall–Kier alpha value is -2.08.